The number of aryl methyl sites for hydroxylation is 2. The summed E-state index contributed by atoms with van der Waals surface area (Å²) in [7, 11) is 0. The number of amides is 1. The molecule has 1 heterocycles. The molecule has 1 aromatic carbocycles. The zero-order valence-corrected chi connectivity index (χ0v) is 11.5. The lowest BCUT2D eigenvalue weighted by molar-refractivity contribution is 0.0902. The normalized spacial score (nSPS) is 12.2. The molecule has 0 aliphatic heterocycles. The first kappa shape index (κ1) is 14.2. The number of hydrogen-bond acceptors (Lipinski definition) is 5. The monoisotopic (exact) mass is 275 g/mol. The summed E-state index contributed by atoms with van der Waals surface area (Å²) in [4.78, 5) is 15.8. The maximum atomic E-state index is 11.9. The molecule has 0 fully saturated rings. The van der Waals surface area contributed by atoms with Crippen LogP contribution in [0.25, 0.3) is 0 Å². The fourth-order valence-electron chi connectivity index (χ4n) is 1.83. The summed E-state index contributed by atoms with van der Waals surface area (Å²) in [6.07, 6.45) is 0.943. The van der Waals surface area contributed by atoms with Crippen LogP contribution >= 0.6 is 0 Å². The highest BCUT2D eigenvalue weighted by molar-refractivity contribution is 5.90. The molecule has 2 rings (SSSR count). The van der Waals surface area contributed by atoms with Gasteiger partial charge in [0.2, 0.25) is 5.89 Å². The highest BCUT2D eigenvalue weighted by Crippen LogP contribution is 2.14. The number of carbonyl (C=O) groups excluding carboxylic acids is 1. The molecule has 0 bridgehead atoms. The van der Waals surface area contributed by atoms with E-state index in [1.807, 2.05) is 24.3 Å². The van der Waals surface area contributed by atoms with Gasteiger partial charge in [0.1, 0.15) is 0 Å². The fourth-order valence-corrected chi connectivity index (χ4v) is 1.83. The number of rotatable bonds is 5. The van der Waals surface area contributed by atoms with Crippen LogP contribution in [0.1, 0.15) is 40.6 Å². The first-order valence-corrected chi connectivity index (χ1v) is 6.45. The standard InChI is InChI=1S/C14H17N3O3/c1-3-10-4-6-11(7-5-10)12(8-18)16-14(19)13-15-9(2)20-17-13/h4-7,12,18H,3,8H2,1-2H3,(H,16,19). The first-order valence-electron chi connectivity index (χ1n) is 6.45. The second kappa shape index (κ2) is 6.29. The summed E-state index contributed by atoms with van der Waals surface area (Å²) >= 11 is 0. The van der Waals surface area contributed by atoms with Crippen LogP contribution < -0.4 is 5.32 Å². The minimum absolute atomic E-state index is 0.0360. The molecule has 0 aliphatic rings. The Hall–Kier alpha value is -2.21. The number of hydrogen-bond donors (Lipinski definition) is 2. The van der Waals surface area contributed by atoms with Gasteiger partial charge < -0.3 is 14.9 Å². The maximum absolute atomic E-state index is 11.9. The molecule has 1 unspecified atom stereocenters. The Labute approximate surface area is 116 Å². The fraction of sp³-hybridized carbons (Fsp3) is 0.357. The molecule has 6 heteroatoms. The smallest absolute Gasteiger partial charge is 0.293 e. The van der Waals surface area contributed by atoms with Crippen molar-refractivity contribution in [1.82, 2.24) is 15.5 Å². The Morgan fingerprint density at radius 1 is 1.40 bits per heavy atom. The van der Waals surface area contributed by atoms with Gasteiger partial charge in [-0.1, -0.05) is 36.3 Å². The summed E-state index contributed by atoms with van der Waals surface area (Å²) in [5.41, 5.74) is 2.03. The summed E-state index contributed by atoms with van der Waals surface area (Å²) < 4.78 is 4.75. The van der Waals surface area contributed by atoms with Crippen molar-refractivity contribution in [3.8, 4) is 0 Å². The second-order valence-corrected chi connectivity index (χ2v) is 4.44. The zero-order valence-electron chi connectivity index (χ0n) is 11.5. The SMILES string of the molecule is CCc1ccc(C(CO)NC(=O)c2noc(C)n2)cc1. The van der Waals surface area contributed by atoms with E-state index < -0.39 is 11.9 Å². The minimum Gasteiger partial charge on any atom is -0.394 e. The van der Waals surface area contributed by atoms with Crippen LogP contribution in [0.5, 0.6) is 0 Å². The summed E-state index contributed by atoms with van der Waals surface area (Å²) in [6.45, 7) is 3.48. The molecule has 1 amide bonds. The number of nitrogens with one attached hydrogen (secondary N) is 1. The molecule has 2 aromatic rings. The van der Waals surface area contributed by atoms with E-state index in [4.69, 9.17) is 4.52 Å². The third-order valence-electron chi connectivity index (χ3n) is 3.01. The van der Waals surface area contributed by atoms with Gasteiger partial charge in [-0.25, -0.2) is 0 Å². The molecular formula is C14H17N3O3. The van der Waals surface area contributed by atoms with Crippen molar-refractivity contribution < 1.29 is 14.4 Å². The van der Waals surface area contributed by atoms with Crippen molar-refractivity contribution in [1.29, 1.82) is 0 Å². The highest BCUT2D eigenvalue weighted by Gasteiger charge is 2.18. The summed E-state index contributed by atoms with van der Waals surface area (Å²) in [5.74, 6) is -0.186. The number of aliphatic hydroxyl groups is 1. The highest BCUT2D eigenvalue weighted by atomic mass is 16.5. The average molecular weight is 275 g/mol. The van der Waals surface area contributed by atoms with Crippen LogP contribution in [0.15, 0.2) is 28.8 Å². The second-order valence-electron chi connectivity index (χ2n) is 4.44. The van der Waals surface area contributed by atoms with E-state index in [0.717, 1.165) is 12.0 Å². The predicted octanol–water partition coefficient (Wildman–Crippen LogP) is 1.40. The quantitative estimate of drug-likeness (QED) is 0.861. The Kier molecular flexibility index (Phi) is 4.47. The molecule has 0 saturated carbocycles. The topological polar surface area (TPSA) is 88.2 Å². The van der Waals surface area contributed by atoms with E-state index in [1.165, 1.54) is 5.56 Å². The maximum Gasteiger partial charge on any atom is 0.293 e. The Balaban J connectivity index is 2.09. The number of nitrogens with zero attached hydrogens (tertiary/aromatic N) is 2. The number of aliphatic hydroxyl groups excluding tert-OH is 1. The van der Waals surface area contributed by atoms with Crippen LogP contribution in [0.2, 0.25) is 0 Å². The molecule has 6 nitrogen and oxygen atoms in total. The van der Waals surface area contributed by atoms with Crippen LogP contribution in [0, 0.1) is 6.92 Å². The molecule has 0 saturated heterocycles. The van der Waals surface area contributed by atoms with Crippen molar-refractivity contribution in [3.05, 3.63) is 47.1 Å². The average Bonchev–Trinajstić information content (AvgIpc) is 2.91. The van der Waals surface area contributed by atoms with Gasteiger partial charge in [-0.3, -0.25) is 4.79 Å². The summed E-state index contributed by atoms with van der Waals surface area (Å²) in [6, 6.07) is 7.24. The number of carbonyl (C=O) groups is 1. The van der Waals surface area contributed by atoms with Crippen molar-refractivity contribution in [2.24, 2.45) is 0 Å². The van der Waals surface area contributed by atoms with Gasteiger partial charge in [-0.2, -0.15) is 4.98 Å². The van der Waals surface area contributed by atoms with E-state index in [-0.39, 0.29) is 12.4 Å². The van der Waals surface area contributed by atoms with Crippen LogP contribution in [0.4, 0.5) is 0 Å². The van der Waals surface area contributed by atoms with Crippen LogP contribution in [0.3, 0.4) is 0 Å². The van der Waals surface area contributed by atoms with Gasteiger partial charge in [0, 0.05) is 6.92 Å². The van der Waals surface area contributed by atoms with E-state index in [2.05, 4.69) is 22.4 Å². The molecule has 1 atom stereocenters. The Morgan fingerprint density at radius 2 is 2.10 bits per heavy atom. The van der Waals surface area contributed by atoms with Crippen LogP contribution in [-0.4, -0.2) is 27.8 Å². The lowest BCUT2D eigenvalue weighted by Crippen LogP contribution is -2.31. The van der Waals surface area contributed by atoms with Crippen molar-refractivity contribution in [2.75, 3.05) is 6.61 Å². The van der Waals surface area contributed by atoms with Crippen molar-refractivity contribution in [2.45, 2.75) is 26.3 Å². The lowest BCUT2D eigenvalue weighted by Gasteiger charge is -2.15. The van der Waals surface area contributed by atoms with Crippen molar-refractivity contribution >= 4 is 5.91 Å². The van der Waals surface area contributed by atoms with Crippen molar-refractivity contribution in [3.63, 3.8) is 0 Å². The largest absolute Gasteiger partial charge is 0.394 e. The summed E-state index contributed by atoms with van der Waals surface area (Å²) in [5, 5.41) is 15.6. The Bertz CT molecular complexity index is 578. The molecule has 106 valence electrons. The number of benzene rings is 1. The molecular weight excluding hydrogens is 258 g/mol. The first-order chi connectivity index (χ1) is 9.63. The molecule has 0 aliphatic carbocycles. The molecule has 1 aromatic heterocycles. The minimum atomic E-state index is -0.493. The molecule has 0 spiro atoms. The molecule has 2 N–H and O–H groups in total. The van der Waals surface area contributed by atoms with Gasteiger partial charge in [0.25, 0.3) is 11.7 Å². The van der Waals surface area contributed by atoms with E-state index in [1.54, 1.807) is 6.92 Å². The Morgan fingerprint density at radius 3 is 2.60 bits per heavy atom. The van der Waals surface area contributed by atoms with Crippen LogP contribution in [-0.2, 0) is 6.42 Å². The third-order valence-corrected chi connectivity index (χ3v) is 3.01. The van der Waals surface area contributed by atoms with Gasteiger partial charge >= 0.3 is 0 Å². The van der Waals surface area contributed by atoms with Gasteiger partial charge in [0.05, 0.1) is 12.6 Å². The number of aromatic nitrogens is 2. The zero-order chi connectivity index (χ0) is 14.5. The van der Waals surface area contributed by atoms with E-state index >= 15 is 0 Å². The lowest BCUT2D eigenvalue weighted by atomic mass is 10.0. The van der Waals surface area contributed by atoms with Gasteiger partial charge in [0.15, 0.2) is 0 Å². The van der Waals surface area contributed by atoms with E-state index in [9.17, 15) is 9.90 Å². The molecule has 20 heavy (non-hydrogen) atoms. The van der Waals surface area contributed by atoms with Gasteiger partial charge in [-0.15, -0.1) is 0 Å². The third kappa shape index (κ3) is 3.21. The van der Waals surface area contributed by atoms with E-state index in [0.29, 0.717) is 5.89 Å². The predicted molar refractivity (Wildman–Crippen MR) is 72.1 cm³/mol. The molecule has 0 radical (unpaired) electrons. The van der Waals surface area contributed by atoms with Gasteiger partial charge in [-0.05, 0) is 17.5 Å².